The molecule has 1 heterocycles. The summed E-state index contributed by atoms with van der Waals surface area (Å²) in [5, 5.41) is 0. The van der Waals surface area contributed by atoms with Gasteiger partial charge in [-0.2, -0.15) is 13.2 Å². The summed E-state index contributed by atoms with van der Waals surface area (Å²) in [6, 6.07) is 6.72. The molecule has 0 atom stereocenters. The van der Waals surface area contributed by atoms with Crippen LogP contribution in [0.5, 0.6) is 0 Å². The Bertz CT molecular complexity index is 649. The number of nitrogens with two attached hydrogens (primary N) is 1. The molecule has 2 N–H and O–H groups in total. The molecule has 0 saturated carbocycles. The van der Waals surface area contributed by atoms with Crippen LogP contribution in [-0.4, -0.2) is 13.1 Å². The molecule has 3 nitrogen and oxygen atoms in total. The van der Waals surface area contributed by atoms with Gasteiger partial charge in [-0.25, -0.2) is 4.79 Å². The average molecular weight is 301 g/mol. The van der Waals surface area contributed by atoms with Crippen molar-refractivity contribution in [1.29, 1.82) is 0 Å². The number of alkyl halides is 3. The maximum atomic E-state index is 12.6. The van der Waals surface area contributed by atoms with Gasteiger partial charge in [-0.1, -0.05) is 6.07 Å². The summed E-state index contributed by atoms with van der Waals surface area (Å²) in [6.45, 7) is 0. The Morgan fingerprint density at radius 2 is 1.95 bits per heavy atom. The molecule has 0 spiro atoms. The predicted octanol–water partition coefficient (Wildman–Crippen LogP) is 3.80. The van der Waals surface area contributed by atoms with E-state index in [0.717, 1.165) is 6.07 Å². The van der Waals surface area contributed by atoms with Crippen LogP contribution in [0.3, 0.4) is 0 Å². The smallest absolute Gasteiger partial charge is 0.425 e. The number of rotatable bonds is 2. The van der Waals surface area contributed by atoms with Crippen molar-refractivity contribution in [3.63, 3.8) is 0 Å². The summed E-state index contributed by atoms with van der Waals surface area (Å²) in [6.07, 6.45) is -4.40. The number of methoxy groups -OCH3 is 1. The van der Waals surface area contributed by atoms with Gasteiger partial charge in [0.25, 0.3) is 0 Å². The first-order chi connectivity index (χ1) is 9.32. The van der Waals surface area contributed by atoms with Crippen LogP contribution in [0.1, 0.15) is 15.2 Å². The Morgan fingerprint density at radius 3 is 2.50 bits per heavy atom. The minimum atomic E-state index is -4.40. The summed E-state index contributed by atoms with van der Waals surface area (Å²) in [4.78, 5) is 11.3. The van der Waals surface area contributed by atoms with Crippen LogP contribution in [0.15, 0.2) is 30.3 Å². The van der Waals surface area contributed by atoms with Crippen LogP contribution in [0.4, 0.5) is 18.9 Å². The van der Waals surface area contributed by atoms with E-state index in [1.807, 2.05) is 0 Å². The summed E-state index contributed by atoms with van der Waals surface area (Å²) in [5.74, 6) is -0.644. The SMILES string of the molecule is COC(=O)c1cc(N)ccc1-c1ccc(C(F)(F)F)s1. The largest absolute Gasteiger partial charge is 0.465 e. The van der Waals surface area contributed by atoms with Crippen molar-refractivity contribution in [3.05, 3.63) is 40.8 Å². The number of ether oxygens (including phenoxy) is 1. The highest BCUT2D eigenvalue weighted by Gasteiger charge is 2.32. The second-order valence-corrected chi connectivity index (χ2v) is 5.04. The number of esters is 1. The molecule has 0 radical (unpaired) electrons. The number of anilines is 1. The summed E-state index contributed by atoms with van der Waals surface area (Å²) < 4.78 is 42.4. The van der Waals surface area contributed by atoms with Gasteiger partial charge in [0.2, 0.25) is 0 Å². The van der Waals surface area contributed by atoms with E-state index in [4.69, 9.17) is 5.73 Å². The van der Waals surface area contributed by atoms with E-state index < -0.39 is 17.0 Å². The van der Waals surface area contributed by atoms with Crippen LogP contribution in [-0.2, 0) is 10.9 Å². The van der Waals surface area contributed by atoms with Crippen molar-refractivity contribution < 1.29 is 22.7 Å². The summed E-state index contributed by atoms with van der Waals surface area (Å²) in [7, 11) is 1.20. The molecule has 0 bridgehead atoms. The highest BCUT2D eigenvalue weighted by atomic mass is 32.1. The fourth-order valence-electron chi connectivity index (χ4n) is 1.69. The van der Waals surface area contributed by atoms with Gasteiger partial charge in [0, 0.05) is 16.1 Å². The van der Waals surface area contributed by atoms with Gasteiger partial charge in [0.1, 0.15) is 4.88 Å². The molecule has 2 rings (SSSR count). The quantitative estimate of drug-likeness (QED) is 0.678. The third kappa shape index (κ3) is 2.77. The lowest BCUT2D eigenvalue weighted by Crippen LogP contribution is -2.04. The van der Waals surface area contributed by atoms with Crippen molar-refractivity contribution in [1.82, 2.24) is 0 Å². The highest BCUT2D eigenvalue weighted by molar-refractivity contribution is 7.15. The molecule has 106 valence electrons. The normalized spacial score (nSPS) is 11.4. The second kappa shape index (κ2) is 5.16. The van der Waals surface area contributed by atoms with Crippen LogP contribution >= 0.6 is 11.3 Å². The van der Waals surface area contributed by atoms with Crippen LogP contribution in [0.2, 0.25) is 0 Å². The number of carbonyl (C=O) groups is 1. The molecule has 7 heteroatoms. The zero-order valence-electron chi connectivity index (χ0n) is 10.3. The standard InChI is InChI=1S/C13H10F3NO2S/c1-19-12(18)9-6-7(17)2-3-8(9)10-4-5-11(20-10)13(14,15)16/h2-6H,17H2,1H3. The van der Waals surface area contributed by atoms with E-state index in [1.54, 1.807) is 0 Å². The number of thiophene rings is 1. The van der Waals surface area contributed by atoms with E-state index in [2.05, 4.69) is 4.74 Å². The number of carbonyl (C=O) groups excluding carboxylic acids is 1. The lowest BCUT2D eigenvalue weighted by molar-refractivity contribution is -0.134. The van der Waals surface area contributed by atoms with E-state index in [1.165, 1.54) is 31.4 Å². The van der Waals surface area contributed by atoms with E-state index in [-0.39, 0.29) is 5.56 Å². The number of halogens is 3. The van der Waals surface area contributed by atoms with Crippen LogP contribution in [0.25, 0.3) is 10.4 Å². The van der Waals surface area contributed by atoms with Gasteiger partial charge in [0.15, 0.2) is 0 Å². The molecule has 2 aromatic rings. The molecule has 20 heavy (non-hydrogen) atoms. The monoisotopic (exact) mass is 301 g/mol. The predicted molar refractivity (Wildman–Crippen MR) is 70.5 cm³/mol. The van der Waals surface area contributed by atoms with E-state index >= 15 is 0 Å². The zero-order valence-corrected chi connectivity index (χ0v) is 11.1. The van der Waals surface area contributed by atoms with Crippen LogP contribution < -0.4 is 5.73 Å². The van der Waals surface area contributed by atoms with Crippen molar-refractivity contribution in [2.24, 2.45) is 0 Å². The molecule has 0 unspecified atom stereocenters. The van der Waals surface area contributed by atoms with Crippen molar-refractivity contribution in [2.75, 3.05) is 12.8 Å². The van der Waals surface area contributed by atoms with Gasteiger partial charge in [0.05, 0.1) is 12.7 Å². The molecule has 0 aliphatic rings. The molecule has 1 aromatic heterocycles. The van der Waals surface area contributed by atoms with Crippen LogP contribution in [0, 0.1) is 0 Å². The van der Waals surface area contributed by atoms with Gasteiger partial charge in [-0.15, -0.1) is 11.3 Å². The average Bonchev–Trinajstić information content (AvgIpc) is 2.87. The van der Waals surface area contributed by atoms with E-state index in [0.29, 0.717) is 27.5 Å². The third-order valence-electron chi connectivity index (χ3n) is 2.60. The first kappa shape index (κ1) is 14.4. The van der Waals surface area contributed by atoms with Gasteiger partial charge >= 0.3 is 12.1 Å². The minimum absolute atomic E-state index is 0.142. The molecule has 0 aliphatic carbocycles. The third-order valence-corrected chi connectivity index (χ3v) is 3.76. The molecular weight excluding hydrogens is 291 g/mol. The summed E-state index contributed by atoms with van der Waals surface area (Å²) >= 11 is 0.567. The van der Waals surface area contributed by atoms with Gasteiger partial charge in [-0.05, 0) is 24.3 Å². The Kier molecular flexibility index (Phi) is 3.71. The molecule has 0 amide bonds. The minimum Gasteiger partial charge on any atom is -0.465 e. The fourth-order valence-corrected chi connectivity index (χ4v) is 2.60. The number of hydrogen-bond donors (Lipinski definition) is 1. The zero-order chi connectivity index (χ0) is 14.9. The molecule has 0 aliphatic heterocycles. The maximum Gasteiger partial charge on any atom is 0.425 e. The first-order valence-electron chi connectivity index (χ1n) is 5.48. The Labute approximate surface area is 116 Å². The van der Waals surface area contributed by atoms with Gasteiger partial charge < -0.3 is 10.5 Å². The van der Waals surface area contributed by atoms with Crippen molar-refractivity contribution >= 4 is 23.0 Å². The number of benzene rings is 1. The second-order valence-electron chi connectivity index (χ2n) is 3.96. The van der Waals surface area contributed by atoms with Gasteiger partial charge in [-0.3, -0.25) is 0 Å². The highest BCUT2D eigenvalue weighted by Crippen LogP contribution is 2.39. The van der Waals surface area contributed by atoms with Crippen molar-refractivity contribution in [3.8, 4) is 10.4 Å². The molecular formula is C13H10F3NO2S. The number of nitrogen functional groups attached to an aromatic ring is 1. The number of hydrogen-bond acceptors (Lipinski definition) is 4. The first-order valence-corrected chi connectivity index (χ1v) is 6.30. The summed E-state index contributed by atoms with van der Waals surface area (Å²) in [5.41, 5.74) is 6.43. The van der Waals surface area contributed by atoms with Crippen molar-refractivity contribution in [2.45, 2.75) is 6.18 Å². The topological polar surface area (TPSA) is 52.3 Å². The Morgan fingerprint density at radius 1 is 1.25 bits per heavy atom. The Balaban J connectivity index is 2.52. The molecule has 0 saturated heterocycles. The molecule has 1 aromatic carbocycles. The Hall–Kier alpha value is -2.02. The maximum absolute atomic E-state index is 12.6. The molecule has 0 fully saturated rings. The lowest BCUT2D eigenvalue weighted by atomic mass is 10.1. The fraction of sp³-hybridized carbons (Fsp3) is 0.154. The van der Waals surface area contributed by atoms with E-state index in [9.17, 15) is 18.0 Å². The lowest BCUT2D eigenvalue weighted by Gasteiger charge is -2.07.